The van der Waals surface area contributed by atoms with E-state index < -0.39 is 5.97 Å². The minimum atomic E-state index is -0.823. The number of carbonyl (C=O) groups excluding carboxylic acids is 1. The van der Waals surface area contributed by atoms with Crippen molar-refractivity contribution in [3.8, 4) is 0 Å². The Bertz CT molecular complexity index is 507. The number of anilines is 1. The molecular formula is C16H20ClNO3. The normalized spacial score (nSPS) is 17.2. The average Bonchev–Trinajstić information content (AvgIpc) is 2.41. The van der Waals surface area contributed by atoms with E-state index in [2.05, 4.69) is 5.32 Å². The summed E-state index contributed by atoms with van der Waals surface area (Å²) in [5.41, 5.74) is 0.298. The molecule has 0 aliphatic heterocycles. The lowest BCUT2D eigenvalue weighted by Crippen LogP contribution is -2.32. The van der Waals surface area contributed by atoms with Gasteiger partial charge in [-0.1, -0.05) is 30.9 Å². The van der Waals surface area contributed by atoms with Gasteiger partial charge in [-0.05, 0) is 42.5 Å². The number of carboxylic acid groups (broad SMARTS) is 1. The minimum Gasteiger partial charge on any atom is -0.481 e. The van der Waals surface area contributed by atoms with Gasteiger partial charge in [-0.3, -0.25) is 9.59 Å². The Balaban J connectivity index is 2.00. The molecule has 1 aliphatic rings. The number of hydrogen-bond donors (Lipinski definition) is 2. The third-order valence-corrected chi connectivity index (χ3v) is 4.36. The summed E-state index contributed by atoms with van der Waals surface area (Å²) < 4.78 is 0. The van der Waals surface area contributed by atoms with Crippen molar-refractivity contribution in [3.05, 3.63) is 29.3 Å². The molecule has 0 saturated heterocycles. The predicted molar refractivity (Wildman–Crippen MR) is 82.5 cm³/mol. The van der Waals surface area contributed by atoms with Crippen molar-refractivity contribution in [1.82, 2.24) is 0 Å². The molecule has 5 heteroatoms. The lowest BCUT2D eigenvalue weighted by molar-refractivity contribution is -0.140. The Morgan fingerprint density at radius 2 is 1.71 bits per heavy atom. The first-order valence-electron chi connectivity index (χ1n) is 7.26. The fraction of sp³-hybridized carbons (Fsp3) is 0.500. The second kappa shape index (κ2) is 6.94. The summed E-state index contributed by atoms with van der Waals surface area (Å²) in [6.45, 7) is 0. The van der Waals surface area contributed by atoms with Gasteiger partial charge in [0, 0.05) is 17.1 Å². The van der Waals surface area contributed by atoms with Crippen molar-refractivity contribution in [2.24, 2.45) is 5.41 Å². The van der Waals surface area contributed by atoms with Crippen LogP contribution in [0.2, 0.25) is 5.02 Å². The fourth-order valence-electron chi connectivity index (χ4n) is 3.12. The number of hydrogen-bond acceptors (Lipinski definition) is 2. The monoisotopic (exact) mass is 309 g/mol. The maximum absolute atomic E-state index is 12.2. The zero-order valence-corrected chi connectivity index (χ0v) is 12.7. The highest BCUT2D eigenvalue weighted by atomic mass is 35.5. The maximum Gasteiger partial charge on any atom is 0.303 e. The van der Waals surface area contributed by atoms with Gasteiger partial charge in [-0.15, -0.1) is 0 Å². The average molecular weight is 310 g/mol. The van der Waals surface area contributed by atoms with Gasteiger partial charge in [0.15, 0.2) is 0 Å². The summed E-state index contributed by atoms with van der Waals surface area (Å²) in [6.07, 6.45) is 5.09. The summed E-state index contributed by atoms with van der Waals surface area (Å²) in [5.74, 6) is -0.948. The van der Waals surface area contributed by atoms with E-state index in [9.17, 15) is 9.59 Å². The van der Waals surface area contributed by atoms with Crippen molar-refractivity contribution >= 4 is 29.2 Å². The van der Waals surface area contributed by atoms with Crippen molar-refractivity contribution in [3.63, 3.8) is 0 Å². The molecule has 2 N–H and O–H groups in total. The molecule has 1 saturated carbocycles. The highest BCUT2D eigenvalue weighted by Gasteiger charge is 2.36. The van der Waals surface area contributed by atoms with E-state index in [1.165, 1.54) is 0 Å². The Morgan fingerprint density at radius 1 is 1.10 bits per heavy atom. The Labute approximate surface area is 129 Å². The van der Waals surface area contributed by atoms with Crippen LogP contribution >= 0.6 is 11.6 Å². The molecule has 0 aromatic heterocycles. The molecule has 0 unspecified atom stereocenters. The molecule has 1 aromatic carbocycles. The number of amides is 1. The lowest BCUT2D eigenvalue weighted by Gasteiger charge is -2.35. The van der Waals surface area contributed by atoms with E-state index >= 15 is 0 Å². The molecular weight excluding hydrogens is 290 g/mol. The van der Waals surface area contributed by atoms with Crippen molar-refractivity contribution < 1.29 is 14.7 Å². The topological polar surface area (TPSA) is 66.4 Å². The van der Waals surface area contributed by atoms with Crippen LogP contribution in [-0.2, 0) is 9.59 Å². The zero-order valence-electron chi connectivity index (χ0n) is 11.9. The second-order valence-corrected chi connectivity index (χ2v) is 6.30. The minimum absolute atomic E-state index is 0.0705. The lowest BCUT2D eigenvalue weighted by atomic mass is 9.69. The van der Waals surface area contributed by atoms with Gasteiger partial charge in [-0.2, -0.15) is 0 Å². The Hall–Kier alpha value is -1.55. The standard InChI is InChI=1S/C16H20ClNO3/c17-12-4-6-13(7-5-12)18-14(19)10-16(11-15(20)21)8-2-1-3-9-16/h4-7H,1-3,8-11H2,(H,18,19)(H,20,21). The molecule has 0 bridgehead atoms. The van der Waals surface area contributed by atoms with Gasteiger partial charge in [0.2, 0.25) is 5.91 Å². The van der Waals surface area contributed by atoms with Gasteiger partial charge < -0.3 is 10.4 Å². The summed E-state index contributed by atoms with van der Waals surface area (Å²) in [7, 11) is 0. The van der Waals surface area contributed by atoms with E-state index in [1.807, 2.05) is 0 Å². The van der Waals surface area contributed by atoms with E-state index in [-0.39, 0.29) is 24.2 Å². The molecule has 1 amide bonds. The summed E-state index contributed by atoms with van der Waals surface area (Å²) in [4.78, 5) is 23.3. The van der Waals surface area contributed by atoms with Crippen LogP contribution in [0.5, 0.6) is 0 Å². The maximum atomic E-state index is 12.2. The molecule has 1 aliphatic carbocycles. The van der Waals surface area contributed by atoms with Crippen LogP contribution in [0.4, 0.5) is 5.69 Å². The molecule has 114 valence electrons. The number of benzene rings is 1. The zero-order chi connectivity index (χ0) is 15.3. The van der Waals surface area contributed by atoms with E-state index in [0.29, 0.717) is 10.7 Å². The van der Waals surface area contributed by atoms with Gasteiger partial charge >= 0.3 is 5.97 Å². The number of carboxylic acids is 1. The van der Waals surface area contributed by atoms with Gasteiger partial charge in [0.1, 0.15) is 0 Å². The van der Waals surface area contributed by atoms with Gasteiger partial charge in [0.05, 0.1) is 6.42 Å². The molecule has 21 heavy (non-hydrogen) atoms. The summed E-state index contributed by atoms with van der Waals surface area (Å²) in [6, 6.07) is 6.91. The molecule has 1 fully saturated rings. The number of carbonyl (C=O) groups is 2. The molecule has 0 radical (unpaired) electrons. The first kappa shape index (κ1) is 15.8. The third-order valence-electron chi connectivity index (χ3n) is 4.10. The van der Waals surface area contributed by atoms with Crippen LogP contribution in [0.15, 0.2) is 24.3 Å². The largest absolute Gasteiger partial charge is 0.481 e. The summed E-state index contributed by atoms with van der Waals surface area (Å²) in [5, 5.41) is 12.6. The fourth-order valence-corrected chi connectivity index (χ4v) is 3.24. The number of rotatable bonds is 5. The number of aliphatic carboxylic acids is 1. The second-order valence-electron chi connectivity index (χ2n) is 5.86. The van der Waals surface area contributed by atoms with Crippen LogP contribution < -0.4 is 5.32 Å². The smallest absolute Gasteiger partial charge is 0.303 e. The molecule has 4 nitrogen and oxygen atoms in total. The highest BCUT2D eigenvalue weighted by Crippen LogP contribution is 2.42. The molecule has 0 spiro atoms. The summed E-state index contributed by atoms with van der Waals surface area (Å²) >= 11 is 5.81. The van der Waals surface area contributed by atoms with Gasteiger partial charge in [0.25, 0.3) is 0 Å². The predicted octanol–water partition coefficient (Wildman–Crippen LogP) is 4.09. The Morgan fingerprint density at radius 3 is 2.29 bits per heavy atom. The van der Waals surface area contributed by atoms with Crippen LogP contribution in [-0.4, -0.2) is 17.0 Å². The first-order valence-corrected chi connectivity index (χ1v) is 7.64. The SMILES string of the molecule is O=C(O)CC1(CC(=O)Nc2ccc(Cl)cc2)CCCCC1. The van der Waals surface area contributed by atoms with Crippen LogP contribution in [0.25, 0.3) is 0 Å². The third kappa shape index (κ3) is 4.74. The number of halogens is 1. The van der Waals surface area contributed by atoms with Gasteiger partial charge in [-0.25, -0.2) is 0 Å². The van der Waals surface area contributed by atoms with Crippen molar-refractivity contribution in [2.75, 3.05) is 5.32 Å². The molecule has 1 aromatic rings. The van der Waals surface area contributed by atoms with Crippen molar-refractivity contribution in [1.29, 1.82) is 0 Å². The van der Waals surface area contributed by atoms with Crippen molar-refractivity contribution in [2.45, 2.75) is 44.9 Å². The Kier molecular flexibility index (Phi) is 5.23. The van der Waals surface area contributed by atoms with Crippen LogP contribution in [0, 0.1) is 5.41 Å². The molecule has 0 atom stereocenters. The molecule has 0 heterocycles. The first-order chi connectivity index (χ1) is 9.99. The van der Waals surface area contributed by atoms with E-state index in [1.54, 1.807) is 24.3 Å². The number of nitrogens with one attached hydrogen (secondary N) is 1. The quantitative estimate of drug-likeness (QED) is 0.860. The van der Waals surface area contributed by atoms with E-state index in [0.717, 1.165) is 32.1 Å². The van der Waals surface area contributed by atoms with Crippen LogP contribution in [0.1, 0.15) is 44.9 Å². The highest BCUT2D eigenvalue weighted by molar-refractivity contribution is 6.30. The van der Waals surface area contributed by atoms with E-state index in [4.69, 9.17) is 16.7 Å². The molecule has 2 rings (SSSR count). The van der Waals surface area contributed by atoms with Crippen LogP contribution in [0.3, 0.4) is 0 Å².